The molecular weight excluding hydrogens is 347 g/mol. The van der Waals surface area contributed by atoms with Crippen molar-refractivity contribution in [3.63, 3.8) is 0 Å². The van der Waals surface area contributed by atoms with Crippen molar-refractivity contribution in [3.05, 3.63) is 53.7 Å². The summed E-state index contributed by atoms with van der Waals surface area (Å²) in [7, 11) is 1.57. The second kappa shape index (κ2) is 7.23. The molecule has 2 aromatic rings. The van der Waals surface area contributed by atoms with Gasteiger partial charge in [-0.3, -0.25) is 4.79 Å². The van der Waals surface area contributed by atoms with Crippen molar-refractivity contribution < 1.29 is 22.7 Å². The van der Waals surface area contributed by atoms with Gasteiger partial charge in [0.15, 0.2) is 0 Å². The molecule has 1 aliphatic heterocycles. The Morgan fingerprint density at radius 3 is 2.69 bits per heavy atom. The molecular formula is C18H18F3N3O2. The van der Waals surface area contributed by atoms with Gasteiger partial charge >= 0.3 is 6.18 Å². The summed E-state index contributed by atoms with van der Waals surface area (Å²) in [5, 5.41) is 2.61. The van der Waals surface area contributed by atoms with Gasteiger partial charge in [0.1, 0.15) is 6.10 Å². The molecule has 26 heavy (non-hydrogen) atoms. The van der Waals surface area contributed by atoms with E-state index in [1.54, 1.807) is 19.2 Å². The fraction of sp³-hybridized carbons (Fsp3) is 0.333. The molecule has 3 rings (SSSR count). The SMILES string of the molecule is CNC(=O)c1ccccc1N1CCC(Oc2ccc(C(F)(F)F)cn2)C1. The van der Waals surface area contributed by atoms with Crippen LogP contribution in [0.2, 0.25) is 0 Å². The standard InChI is InChI=1S/C18H18F3N3O2/c1-22-17(25)14-4-2-3-5-15(14)24-9-8-13(11-24)26-16-7-6-12(10-23-16)18(19,20)21/h2-7,10,13H,8-9,11H2,1H3,(H,22,25). The third-order valence-electron chi connectivity index (χ3n) is 4.21. The zero-order valence-electron chi connectivity index (χ0n) is 14.1. The average Bonchev–Trinajstić information content (AvgIpc) is 3.09. The summed E-state index contributed by atoms with van der Waals surface area (Å²) in [6.45, 7) is 1.20. The number of carbonyl (C=O) groups excluding carboxylic acids is 1. The predicted octanol–water partition coefficient (Wildman–Crippen LogP) is 3.12. The van der Waals surface area contributed by atoms with E-state index in [1.165, 1.54) is 6.07 Å². The number of hydrogen-bond donors (Lipinski definition) is 1. The molecule has 5 nitrogen and oxygen atoms in total. The minimum absolute atomic E-state index is 0.157. The predicted molar refractivity (Wildman–Crippen MR) is 90.3 cm³/mol. The number of pyridine rings is 1. The molecule has 0 bridgehead atoms. The van der Waals surface area contributed by atoms with Crippen molar-refractivity contribution in [1.82, 2.24) is 10.3 Å². The number of para-hydroxylation sites is 1. The third kappa shape index (κ3) is 3.89. The zero-order valence-corrected chi connectivity index (χ0v) is 14.1. The second-order valence-electron chi connectivity index (χ2n) is 5.95. The highest BCUT2D eigenvalue weighted by Gasteiger charge is 2.31. The molecule has 8 heteroatoms. The average molecular weight is 365 g/mol. The molecule has 0 aliphatic carbocycles. The lowest BCUT2D eigenvalue weighted by Gasteiger charge is -2.21. The second-order valence-corrected chi connectivity index (χ2v) is 5.95. The number of rotatable bonds is 4. The molecule has 1 aromatic carbocycles. The normalized spacial score (nSPS) is 17.2. The summed E-state index contributed by atoms with van der Waals surface area (Å²) < 4.78 is 43.4. The van der Waals surface area contributed by atoms with Gasteiger partial charge in [-0.1, -0.05) is 12.1 Å². The highest BCUT2D eigenvalue weighted by atomic mass is 19.4. The Labute approximate surface area is 148 Å². The van der Waals surface area contributed by atoms with Crippen LogP contribution in [-0.4, -0.2) is 37.1 Å². The van der Waals surface area contributed by atoms with E-state index in [1.807, 2.05) is 17.0 Å². The largest absolute Gasteiger partial charge is 0.472 e. The molecule has 1 unspecified atom stereocenters. The van der Waals surface area contributed by atoms with Crippen LogP contribution in [0.4, 0.5) is 18.9 Å². The van der Waals surface area contributed by atoms with Gasteiger partial charge in [-0.15, -0.1) is 0 Å². The summed E-state index contributed by atoms with van der Waals surface area (Å²) in [5.74, 6) is -0.0150. The van der Waals surface area contributed by atoms with Crippen LogP contribution < -0.4 is 15.0 Å². The van der Waals surface area contributed by atoms with Crippen LogP contribution in [-0.2, 0) is 6.18 Å². The molecule has 0 spiro atoms. The zero-order chi connectivity index (χ0) is 18.7. The number of amides is 1. The molecule has 138 valence electrons. The number of aromatic nitrogens is 1. The summed E-state index contributed by atoms with van der Waals surface area (Å²) in [4.78, 5) is 17.8. The molecule has 0 saturated carbocycles. The monoisotopic (exact) mass is 365 g/mol. The van der Waals surface area contributed by atoms with Crippen LogP contribution in [0, 0.1) is 0 Å². The van der Waals surface area contributed by atoms with E-state index in [4.69, 9.17) is 4.74 Å². The van der Waals surface area contributed by atoms with Gasteiger partial charge in [-0.25, -0.2) is 4.98 Å². The summed E-state index contributed by atoms with van der Waals surface area (Å²) in [5.41, 5.74) is 0.569. The van der Waals surface area contributed by atoms with Crippen molar-refractivity contribution in [2.75, 3.05) is 25.0 Å². The Bertz CT molecular complexity index is 778. The number of halogens is 3. The Morgan fingerprint density at radius 1 is 1.27 bits per heavy atom. The summed E-state index contributed by atoms with van der Waals surface area (Å²) in [6, 6.07) is 9.45. The first-order chi connectivity index (χ1) is 12.4. The minimum Gasteiger partial charge on any atom is -0.472 e. The molecule has 1 N–H and O–H groups in total. The first kappa shape index (κ1) is 18.0. The van der Waals surface area contributed by atoms with Crippen molar-refractivity contribution >= 4 is 11.6 Å². The summed E-state index contributed by atoms with van der Waals surface area (Å²) >= 11 is 0. The minimum atomic E-state index is -4.42. The number of carbonyl (C=O) groups is 1. The van der Waals surface area contributed by atoms with E-state index in [0.717, 1.165) is 18.0 Å². The van der Waals surface area contributed by atoms with Crippen molar-refractivity contribution in [3.8, 4) is 5.88 Å². The first-order valence-electron chi connectivity index (χ1n) is 8.14. The van der Waals surface area contributed by atoms with Gasteiger partial charge in [-0.2, -0.15) is 13.2 Å². The lowest BCUT2D eigenvalue weighted by Crippen LogP contribution is -2.28. The Hall–Kier alpha value is -2.77. The highest BCUT2D eigenvalue weighted by Crippen LogP contribution is 2.30. The van der Waals surface area contributed by atoms with Gasteiger partial charge in [-0.05, 0) is 18.2 Å². The van der Waals surface area contributed by atoms with Gasteiger partial charge in [0.2, 0.25) is 5.88 Å². The van der Waals surface area contributed by atoms with Crippen molar-refractivity contribution in [2.45, 2.75) is 18.7 Å². The number of benzene rings is 1. The Balaban J connectivity index is 1.67. The van der Waals surface area contributed by atoms with Gasteiger partial charge in [0.05, 0.1) is 17.7 Å². The fourth-order valence-electron chi connectivity index (χ4n) is 2.91. The van der Waals surface area contributed by atoms with Gasteiger partial charge in [0.25, 0.3) is 5.91 Å². The van der Waals surface area contributed by atoms with Crippen LogP contribution in [0.5, 0.6) is 5.88 Å². The van der Waals surface area contributed by atoms with Gasteiger partial charge in [0, 0.05) is 38.0 Å². The maximum atomic E-state index is 12.6. The topological polar surface area (TPSA) is 54.5 Å². The number of nitrogens with zero attached hydrogens (tertiary/aromatic N) is 2. The maximum absolute atomic E-state index is 12.6. The van der Waals surface area contributed by atoms with Crippen LogP contribution in [0.15, 0.2) is 42.6 Å². The van der Waals surface area contributed by atoms with Gasteiger partial charge < -0.3 is 15.0 Å². The summed E-state index contributed by atoms with van der Waals surface area (Å²) in [6.07, 6.45) is -3.18. The molecule has 1 saturated heterocycles. The first-order valence-corrected chi connectivity index (χ1v) is 8.14. The van der Waals surface area contributed by atoms with Crippen LogP contribution in [0.25, 0.3) is 0 Å². The van der Waals surface area contributed by atoms with Crippen LogP contribution in [0.3, 0.4) is 0 Å². The van der Waals surface area contributed by atoms with Crippen molar-refractivity contribution in [2.24, 2.45) is 0 Å². The van der Waals surface area contributed by atoms with E-state index in [0.29, 0.717) is 25.1 Å². The number of ether oxygens (including phenoxy) is 1. The molecule has 1 aliphatic rings. The van der Waals surface area contributed by atoms with Crippen LogP contribution >= 0.6 is 0 Å². The van der Waals surface area contributed by atoms with E-state index < -0.39 is 11.7 Å². The van der Waals surface area contributed by atoms with E-state index >= 15 is 0 Å². The highest BCUT2D eigenvalue weighted by molar-refractivity contribution is 5.99. The number of nitrogens with one attached hydrogen (secondary N) is 1. The van der Waals surface area contributed by atoms with E-state index in [-0.39, 0.29) is 17.9 Å². The smallest absolute Gasteiger partial charge is 0.417 e. The molecule has 1 aromatic heterocycles. The number of hydrogen-bond acceptors (Lipinski definition) is 4. The van der Waals surface area contributed by atoms with E-state index in [9.17, 15) is 18.0 Å². The number of alkyl halides is 3. The Morgan fingerprint density at radius 2 is 2.04 bits per heavy atom. The third-order valence-corrected chi connectivity index (χ3v) is 4.21. The Kier molecular flexibility index (Phi) is 5.01. The quantitative estimate of drug-likeness (QED) is 0.905. The lowest BCUT2D eigenvalue weighted by molar-refractivity contribution is -0.137. The molecule has 1 amide bonds. The number of anilines is 1. The van der Waals surface area contributed by atoms with E-state index in [2.05, 4.69) is 10.3 Å². The van der Waals surface area contributed by atoms with Crippen molar-refractivity contribution in [1.29, 1.82) is 0 Å². The molecule has 1 fully saturated rings. The van der Waals surface area contributed by atoms with Crippen LogP contribution in [0.1, 0.15) is 22.3 Å². The molecule has 1 atom stereocenters. The molecule has 0 radical (unpaired) electrons. The molecule has 2 heterocycles. The fourth-order valence-corrected chi connectivity index (χ4v) is 2.91. The lowest BCUT2D eigenvalue weighted by atomic mass is 10.1. The maximum Gasteiger partial charge on any atom is 0.417 e.